The van der Waals surface area contributed by atoms with E-state index in [0.29, 0.717) is 17.5 Å². The molecule has 1 fully saturated rings. The van der Waals surface area contributed by atoms with Gasteiger partial charge in [-0.25, -0.2) is 4.39 Å². The topological polar surface area (TPSA) is 32.3 Å². The molecule has 2 rings (SSSR count). The molecule has 0 spiro atoms. The Kier molecular flexibility index (Phi) is 5.12. The maximum Gasteiger partial charge on any atom is 0.253 e. The summed E-state index contributed by atoms with van der Waals surface area (Å²) in [6.45, 7) is 6.71. The van der Waals surface area contributed by atoms with Crippen molar-refractivity contribution in [2.45, 2.75) is 32.7 Å². The Morgan fingerprint density at radius 3 is 3.00 bits per heavy atom. The summed E-state index contributed by atoms with van der Waals surface area (Å²) < 4.78 is 13.2. The average molecular weight is 278 g/mol. The molecule has 110 valence electrons. The van der Waals surface area contributed by atoms with Gasteiger partial charge in [0.1, 0.15) is 5.82 Å². The number of nitrogens with zero attached hydrogens (tertiary/aromatic N) is 1. The van der Waals surface area contributed by atoms with E-state index in [0.717, 1.165) is 32.5 Å². The first-order valence-corrected chi connectivity index (χ1v) is 7.34. The monoisotopic (exact) mass is 278 g/mol. The first-order chi connectivity index (χ1) is 9.56. The van der Waals surface area contributed by atoms with Crippen LogP contribution in [0.3, 0.4) is 0 Å². The fourth-order valence-corrected chi connectivity index (χ4v) is 2.62. The van der Waals surface area contributed by atoms with Crippen molar-refractivity contribution in [2.24, 2.45) is 5.92 Å². The van der Waals surface area contributed by atoms with Crippen molar-refractivity contribution in [1.82, 2.24) is 10.2 Å². The van der Waals surface area contributed by atoms with Gasteiger partial charge in [-0.15, -0.1) is 0 Å². The Labute approximate surface area is 120 Å². The van der Waals surface area contributed by atoms with Crippen LogP contribution in [0.25, 0.3) is 0 Å². The molecule has 1 aliphatic heterocycles. The van der Waals surface area contributed by atoms with E-state index in [9.17, 15) is 9.18 Å². The number of likely N-dealkylation sites (tertiary alicyclic amines) is 1. The van der Waals surface area contributed by atoms with Gasteiger partial charge in [0.25, 0.3) is 5.91 Å². The van der Waals surface area contributed by atoms with Crippen LogP contribution in [0.1, 0.15) is 37.0 Å². The van der Waals surface area contributed by atoms with Crippen LogP contribution in [0.4, 0.5) is 4.39 Å². The van der Waals surface area contributed by atoms with E-state index < -0.39 is 0 Å². The minimum Gasteiger partial charge on any atom is -0.338 e. The van der Waals surface area contributed by atoms with Gasteiger partial charge >= 0.3 is 0 Å². The van der Waals surface area contributed by atoms with Crippen LogP contribution < -0.4 is 5.32 Å². The van der Waals surface area contributed by atoms with Crippen LogP contribution >= 0.6 is 0 Å². The van der Waals surface area contributed by atoms with Crippen molar-refractivity contribution >= 4 is 5.91 Å². The zero-order valence-corrected chi connectivity index (χ0v) is 12.2. The van der Waals surface area contributed by atoms with E-state index >= 15 is 0 Å². The quantitative estimate of drug-likeness (QED) is 0.918. The largest absolute Gasteiger partial charge is 0.338 e. The minimum atomic E-state index is -0.356. The van der Waals surface area contributed by atoms with Gasteiger partial charge in [-0.05, 0) is 43.5 Å². The van der Waals surface area contributed by atoms with Crippen LogP contribution in [0, 0.1) is 11.7 Å². The van der Waals surface area contributed by atoms with Gasteiger partial charge in [0.15, 0.2) is 0 Å². The highest BCUT2D eigenvalue weighted by Gasteiger charge is 2.24. The van der Waals surface area contributed by atoms with Gasteiger partial charge in [-0.1, -0.05) is 19.9 Å². The summed E-state index contributed by atoms with van der Waals surface area (Å²) in [7, 11) is 0. The van der Waals surface area contributed by atoms with Crippen LogP contribution in [-0.2, 0) is 0 Å². The van der Waals surface area contributed by atoms with Crippen LogP contribution in [-0.4, -0.2) is 36.5 Å². The Morgan fingerprint density at radius 2 is 2.30 bits per heavy atom. The molecule has 0 saturated carbocycles. The lowest BCUT2D eigenvalue weighted by atomic mass is 9.97. The second-order valence-electron chi connectivity index (χ2n) is 5.83. The van der Waals surface area contributed by atoms with Gasteiger partial charge < -0.3 is 10.2 Å². The summed E-state index contributed by atoms with van der Waals surface area (Å²) in [5.41, 5.74) is 0.447. The number of rotatable bonds is 4. The molecular weight excluding hydrogens is 255 g/mol. The van der Waals surface area contributed by atoms with Gasteiger partial charge in [0, 0.05) is 24.7 Å². The second-order valence-corrected chi connectivity index (χ2v) is 5.83. The molecule has 1 aliphatic rings. The first-order valence-electron chi connectivity index (χ1n) is 7.34. The van der Waals surface area contributed by atoms with Gasteiger partial charge in [-0.2, -0.15) is 0 Å². The number of piperidine rings is 1. The lowest BCUT2D eigenvalue weighted by Crippen LogP contribution is -2.43. The van der Waals surface area contributed by atoms with Crippen LogP contribution in [0.2, 0.25) is 0 Å². The number of amides is 1. The zero-order chi connectivity index (χ0) is 14.5. The van der Waals surface area contributed by atoms with Crippen molar-refractivity contribution in [3.63, 3.8) is 0 Å². The van der Waals surface area contributed by atoms with Gasteiger partial charge in [0.05, 0.1) is 0 Å². The van der Waals surface area contributed by atoms with Crippen molar-refractivity contribution in [1.29, 1.82) is 0 Å². The zero-order valence-electron chi connectivity index (χ0n) is 12.2. The lowest BCUT2D eigenvalue weighted by molar-refractivity contribution is 0.0671. The molecule has 0 bridgehead atoms. The smallest absolute Gasteiger partial charge is 0.253 e. The molecule has 1 amide bonds. The maximum atomic E-state index is 13.2. The normalized spacial score (nSPS) is 19.4. The molecule has 1 unspecified atom stereocenters. The molecular formula is C16H23FN2O. The number of carbonyl (C=O) groups is 1. The molecule has 1 aromatic rings. The first kappa shape index (κ1) is 15.0. The van der Waals surface area contributed by atoms with E-state index in [1.54, 1.807) is 12.1 Å². The molecule has 0 aliphatic carbocycles. The summed E-state index contributed by atoms with van der Waals surface area (Å²) in [6.07, 6.45) is 2.16. The molecule has 1 saturated heterocycles. The summed E-state index contributed by atoms with van der Waals surface area (Å²) >= 11 is 0. The molecule has 1 N–H and O–H groups in total. The predicted octanol–water partition coefficient (Wildman–Crippen LogP) is 2.68. The van der Waals surface area contributed by atoms with E-state index in [1.165, 1.54) is 12.1 Å². The van der Waals surface area contributed by atoms with Crippen LogP contribution in [0.5, 0.6) is 0 Å². The molecule has 0 aromatic heterocycles. The Morgan fingerprint density at radius 1 is 1.50 bits per heavy atom. The highest BCUT2D eigenvalue weighted by Crippen LogP contribution is 2.18. The number of hydrogen-bond donors (Lipinski definition) is 1. The maximum absolute atomic E-state index is 13.2. The number of carbonyl (C=O) groups excluding carboxylic acids is 1. The molecule has 0 radical (unpaired) electrons. The molecule has 1 aromatic carbocycles. The van der Waals surface area contributed by atoms with Crippen LogP contribution in [0.15, 0.2) is 24.3 Å². The predicted molar refractivity (Wildman–Crippen MR) is 78.2 cm³/mol. The summed E-state index contributed by atoms with van der Waals surface area (Å²) in [5.74, 6) is 0.0771. The molecule has 3 nitrogen and oxygen atoms in total. The number of nitrogens with one attached hydrogen (secondary N) is 1. The summed E-state index contributed by atoms with van der Waals surface area (Å²) in [6, 6.07) is 6.41. The number of benzene rings is 1. The summed E-state index contributed by atoms with van der Waals surface area (Å²) in [5, 5.41) is 3.43. The number of halogens is 1. The van der Waals surface area contributed by atoms with E-state index in [4.69, 9.17) is 0 Å². The average Bonchev–Trinajstić information content (AvgIpc) is 2.44. The fourth-order valence-electron chi connectivity index (χ4n) is 2.62. The molecule has 1 heterocycles. The summed E-state index contributed by atoms with van der Waals surface area (Å²) in [4.78, 5) is 14.2. The second kappa shape index (κ2) is 6.84. The van der Waals surface area contributed by atoms with Crippen molar-refractivity contribution < 1.29 is 9.18 Å². The Balaban J connectivity index is 1.96. The highest BCUT2D eigenvalue weighted by atomic mass is 19.1. The van der Waals surface area contributed by atoms with Crippen molar-refractivity contribution in [2.75, 3.05) is 19.6 Å². The SMILES string of the molecule is CC(C)NCC1CCCN(C(=O)c2cccc(F)c2)C1. The van der Waals surface area contributed by atoms with Gasteiger partial charge in [-0.3, -0.25) is 4.79 Å². The van der Waals surface area contributed by atoms with E-state index in [1.807, 2.05) is 4.90 Å². The third-order valence-corrected chi connectivity index (χ3v) is 3.69. The molecule has 1 atom stereocenters. The van der Waals surface area contributed by atoms with Crippen molar-refractivity contribution in [3.05, 3.63) is 35.6 Å². The van der Waals surface area contributed by atoms with Crippen molar-refractivity contribution in [3.8, 4) is 0 Å². The molecule has 20 heavy (non-hydrogen) atoms. The van der Waals surface area contributed by atoms with Gasteiger partial charge in [0.2, 0.25) is 0 Å². The third kappa shape index (κ3) is 4.04. The van der Waals surface area contributed by atoms with E-state index in [2.05, 4.69) is 19.2 Å². The number of hydrogen-bond acceptors (Lipinski definition) is 2. The highest BCUT2D eigenvalue weighted by molar-refractivity contribution is 5.94. The Bertz CT molecular complexity index is 462. The standard InChI is InChI=1S/C16H23FN2O/c1-12(2)18-10-13-5-4-8-19(11-13)16(20)14-6-3-7-15(17)9-14/h3,6-7,9,12-13,18H,4-5,8,10-11H2,1-2H3. The third-order valence-electron chi connectivity index (χ3n) is 3.69. The van der Waals surface area contributed by atoms with E-state index in [-0.39, 0.29) is 11.7 Å². The fraction of sp³-hybridized carbons (Fsp3) is 0.562. The Hall–Kier alpha value is -1.42. The lowest BCUT2D eigenvalue weighted by Gasteiger charge is -2.33. The molecule has 4 heteroatoms. The minimum absolute atomic E-state index is 0.0567.